The molecule has 1 aromatic carbocycles. The summed E-state index contributed by atoms with van der Waals surface area (Å²) in [4.78, 5) is 0. The largest absolute Gasteiger partial charge is 0.454 e. The van der Waals surface area contributed by atoms with Crippen LogP contribution in [0.1, 0.15) is 30.9 Å². The SMILES string of the molecule is CC(N)C1(c2c(C(F)(F)F)ccc3c2OCO3)CC1. The fraction of sp³-hybridized carbons (Fsp3) is 0.538. The van der Waals surface area contributed by atoms with Crippen molar-refractivity contribution in [2.75, 3.05) is 6.79 Å². The molecule has 0 saturated heterocycles. The van der Waals surface area contributed by atoms with E-state index in [4.69, 9.17) is 15.2 Å². The molecule has 1 aliphatic heterocycles. The zero-order valence-electron chi connectivity index (χ0n) is 10.4. The molecule has 6 heteroatoms. The first-order valence-electron chi connectivity index (χ1n) is 6.12. The molecule has 2 N–H and O–H groups in total. The summed E-state index contributed by atoms with van der Waals surface area (Å²) in [6.07, 6.45) is -3.12. The van der Waals surface area contributed by atoms with Gasteiger partial charge < -0.3 is 15.2 Å². The van der Waals surface area contributed by atoms with Crippen LogP contribution in [0, 0.1) is 0 Å². The first-order valence-corrected chi connectivity index (χ1v) is 6.12. The van der Waals surface area contributed by atoms with Crippen molar-refractivity contribution in [2.24, 2.45) is 5.73 Å². The van der Waals surface area contributed by atoms with Crippen LogP contribution < -0.4 is 15.2 Å². The van der Waals surface area contributed by atoms with Gasteiger partial charge in [0.25, 0.3) is 0 Å². The Labute approximate surface area is 108 Å². The average molecular weight is 273 g/mol. The molecular weight excluding hydrogens is 259 g/mol. The van der Waals surface area contributed by atoms with E-state index in [1.807, 2.05) is 0 Å². The van der Waals surface area contributed by atoms with Gasteiger partial charge in [-0.3, -0.25) is 0 Å². The Morgan fingerprint density at radius 1 is 1.26 bits per heavy atom. The third-order valence-corrected chi connectivity index (χ3v) is 4.00. The maximum absolute atomic E-state index is 13.2. The summed E-state index contributed by atoms with van der Waals surface area (Å²) in [6, 6.07) is 2.02. The van der Waals surface area contributed by atoms with Gasteiger partial charge in [0.15, 0.2) is 11.5 Å². The highest BCUT2D eigenvalue weighted by molar-refractivity contribution is 5.58. The second kappa shape index (κ2) is 3.79. The molecule has 1 atom stereocenters. The van der Waals surface area contributed by atoms with E-state index in [1.165, 1.54) is 6.07 Å². The Hall–Kier alpha value is -1.43. The van der Waals surface area contributed by atoms with Crippen molar-refractivity contribution >= 4 is 0 Å². The minimum Gasteiger partial charge on any atom is -0.454 e. The molecule has 0 spiro atoms. The molecule has 19 heavy (non-hydrogen) atoms. The second-order valence-electron chi connectivity index (χ2n) is 5.16. The van der Waals surface area contributed by atoms with E-state index in [1.54, 1.807) is 6.92 Å². The lowest BCUT2D eigenvalue weighted by molar-refractivity contribution is -0.138. The molecule has 1 aromatic rings. The van der Waals surface area contributed by atoms with E-state index < -0.39 is 17.2 Å². The molecule has 0 aromatic heterocycles. The maximum atomic E-state index is 13.2. The number of halogens is 3. The summed E-state index contributed by atoms with van der Waals surface area (Å²) in [6.45, 7) is 1.70. The number of hydrogen-bond acceptors (Lipinski definition) is 3. The Bertz CT molecular complexity index is 521. The van der Waals surface area contributed by atoms with Crippen LogP contribution in [0.2, 0.25) is 0 Å². The lowest BCUT2D eigenvalue weighted by Gasteiger charge is -2.25. The summed E-state index contributed by atoms with van der Waals surface area (Å²) in [5, 5.41) is 0. The molecular formula is C13H14F3NO2. The van der Waals surface area contributed by atoms with Crippen LogP contribution in [0.25, 0.3) is 0 Å². The molecule has 104 valence electrons. The van der Waals surface area contributed by atoms with Crippen LogP contribution in [-0.2, 0) is 11.6 Å². The van der Waals surface area contributed by atoms with Crippen LogP contribution in [-0.4, -0.2) is 12.8 Å². The van der Waals surface area contributed by atoms with E-state index in [0.717, 1.165) is 6.07 Å². The van der Waals surface area contributed by atoms with Crippen molar-refractivity contribution in [1.82, 2.24) is 0 Å². The fourth-order valence-corrected chi connectivity index (χ4v) is 2.77. The molecule has 2 aliphatic rings. The zero-order chi connectivity index (χ0) is 13.8. The fourth-order valence-electron chi connectivity index (χ4n) is 2.77. The van der Waals surface area contributed by atoms with Crippen LogP contribution >= 0.6 is 0 Å². The van der Waals surface area contributed by atoms with Crippen molar-refractivity contribution < 1.29 is 22.6 Å². The molecule has 1 unspecified atom stereocenters. The van der Waals surface area contributed by atoms with Crippen molar-refractivity contribution in [1.29, 1.82) is 0 Å². The lowest BCUT2D eigenvalue weighted by Crippen LogP contribution is -2.33. The first kappa shape index (κ1) is 12.6. The third-order valence-electron chi connectivity index (χ3n) is 4.00. The average Bonchev–Trinajstić information content (AvgIpc) is 2.98. The van der Waals surface area contributed by atoms with Crippen LogP contribution in [0.5, 0.6) is 11.5 Å². The van der Waals surface area contributed by atoms with Crippen LogP contribution in [0.3, 0.4) is 0 Å². The van der Waals surface area contributed by atoms with Gasteiger partial charge in [0.2, 0.25) is 6.79 Å². The van der Waals surface area contributed by atoms with Crippen molar-refractivity contribution in [2.45, 2.75) is 37.4 Å². The molecule has 3 rings (SSSR count). The summed E-state index contributed by atoms with van der Waals surface area (Å²) in [5.41, 5.74) is 4.78. The van der Waals surface area contributed by atoms with Gasteiger partial charge in [-0.15, -0.1) is 0 Å². The number of alkyl halides is 3. The summed E-state index contributed by atoms with van der Waals surface area (Å²) in [7, 11) is 0. The smallest absolute Gasteiger partial charge is 0.416 e. The van der Waals surface area contributed by atoms with E-state index in [9.17, 15) is 13.2 Å². The number of hydrogen-bond donors (Lipinski definition) is 1. The van der Waals surface area contributed by atoms with E-state index >= 15 is 0 Å². The van der Waals surface area contributed by atoms with Gasteiger partial charge in [0.05, 0.1) is 5.56 Å². The standard InChI is InChI=1S/C13H14F3NO2/c1-7(17)12(4-5-12)10-8(13(14,15)16)2-3-9-11(10)19-6-18-9/h2-3,7H,4-6,17H2,1H3. The van der Waals surface area contributed by atoms with Gasteiger partial charge >= 0.3 is 6.18 Å². The molecule has 0 bridgehead atoms. The van der Waals surface area contributed by atoms with Gasteiger partial charge in [-0.25, -0.2) is 0 Å². The van der Waals surface area contributed by atoms with Gasteiger partial charge in [0, 0.05) is 17.0 Å². The highest BCUT2D eigenvalue weighted by atomic mass is 19.4. The topological polar surface area (TPSA) is 44.5 Å². The van der Waals surface area contributed by atoms with Gasteiger partial charge in [-0.1, -0.05) is 0 Å². The minimum atomic E-state index is -4.42. The molecule has 0 amide bonds. The van der Waals surface area contributed by atoms with Crippen molar-refractivity contribution in [3.63, 3.8) is 0 Å². The van der Waals surface area contributed by atoms with Gasteiger partial charge in [-0.2, -0.15) is 13.2 Å². The summed E-state index contributed by atoms with van der Waals surface area (Å²) in [5.74, 6) is 0.583. The van der Waals surface area contributed by atoms with Crippen molar-refractivity contribution in [3.8, 4) is 11.5 Å². The van der Waals surface area contributed by atoms with Gasteiger partial charge in [0.1, 0.15) is 0 Å². The number of nitrogens with two attached hydrogens (primary N) is 1. The molecule has 1 fully saturated rings. The predicted molar refractivity (Wildman–Crippen MR) is 62.1 cm³/mol. The first-order chi connectivity index (χ1) is 8.86. The van der Waals surface area contributed by atoms with Crippen molar-refractivity contribution in [3.05, 3.63) is 23.3 Å². The lowest BCUT2D eigenvalue weighted by atomic mass is 9.85. The molecule has 3 nitrogen and oxygen atoms in total. The normalized spacial score (nSPS) is 21.3. The zero-order valence-corrected chi connectivity index (χ0v) is 10.4. The number of benzene rings is 1. The maximum Gasteiger partial charge on any atom is 0.416 e. The molecule has 1 heterocycles. The molecule has 1 saturated carbocycles. The third kappa shape index (κ3) is 1.77. The van der Waals surface area contributed by atoms with E-state index in [2.05, 4.69) is 0 Å². The highest BCUT2D eigenvalue weighted by Gasteiger charge is 2.54. The highest BCUT2D eigenvalue weighted by Crippen LogP contribution is 2.59. The van der Waals surface area contributed by atoms with E-state index in [0.29, 0.717) is 18.6 Å². The Morgan fingerprint density at radius 3 is 2.47 bits per heavy atom. The Morgan fingerprint density at radius 2 is 1.95 bits per heavy atom. The predicted octanol–water partition coefficient (Wildman–Crippen LogP) is 2.81. The number of fused-ring (bicyclic) bond motifs is 1. The summed E-state index contributed by atoms with van der Waals surface area (Å²) < 4.78 is 50.0. The molecule has 1 aliphatic carbocycles. The quantitative estimate of drug-likeness (QED) is 0.901. The molecule has 0 radical (unpaired) electrons. The summed E-state index contributed by atoms with van der Waals surface area (Å²) >= 11 is 0. The minimum absolute atomic E-state index is 0.0430. The monoisotopic (exact) mass is 273 g/mol. The van der Waals surface area contributed by atoms with Gasteiger partial charge in [-0.05, 0) is 31.9 Å². The Balaban J connectivity index is 2.23. The van der Waals surface area contributed by atoms with E-state index in [-0.39, 0.29) is 24.1 Å². The van der Waals surface area contributed by atoms with Crippen LogP contribution in [0.15, 0.2) is 12.1 Å². The number of rotatable bonds is 2. The number of ether oxygens (including phenoxy) is 2. The van der Waals surface area contributed by atoms with Crippen LogP contribution in [0.4, 0.5) is 13.2 Å². The second-order valence-corrected chi connectivity index (χ2v) is 5.16. The Kier molecular flexibility index (Phi) is 2.51.